The summed E-state index contributed by atoms with van der Waals surface area (Å²) in [5, 5.41) is 0. The van der Waals surface area contributed by atoms with E-state index in [-0.39, 0.29) is 0 Å². The van der Waals surface area contributed by atoms with Crippen LogP contribution in [0.5, 0.6) is 0 Å². The van der Waals surface area contributed by atoms with Crippen molar-refractivity contribution in [1.29, 1.82) is 0 Å². The van der Waals surface area contributed by atoms with E-state index >= 15 is 13.2 Å². The van der Waals surface area contributed by atoms with E-state index in [9.17, 15) is 101 Å². The number of hydrogen-bond acceptors (Lipinski definition) is 0. The summed E-state index contributed by atoms with van der Waals surface area (Å²) in [6.07, 6.45) is -27.8. The third-order valence-corrected chi connectivity index (χ3v) is 6.38. The SMILES string of the molecule is FC(F)(F)C(F)(F)[C@]1(F)[C@](F)(C(F)(F)F)[C@](F)(C(F)(F)F)C(F)(F)[C@@]2(F)C(F)(F)C(F)(F)C(F)(F)C(F)(F)[C@]21F. The summed E-state index contributed by atoms with van der Waals surface area (Å²) in [6, 6.07) is 0. The van der Waals surface area contributed by atoms with Gasteiger partial charge in [-0.1, -0.05) is 0 Å². The average molecular weight is 662 g/mol. The van der Waals surface area contributed by atoms with Crippen LogP contribution in [-0.2, 0) is 0 Å². The maximum Gasteiger partial charge on any atom is 0.457 e. The highest BCUT2D eigenvalue weighted by Crippen LogP contribution is 2.85. The summed E-state index contributed by atoms with van der Waals surface area (Å²) in [6.45, 7) is 0. The maximum absolute atomic E-state index is 15.3. The first-order chi connectivity index (χ1) is 16.8. The number of hydrogen-bond donors (Lipinski definition) is 0. The summed E-state index contributed by atoms with van der Waals surface area (Å²) >= 11 is 0. The molecule has 2 saturated carbocycles. The summed E-state index contributed by atoms with van der Waals surface area (Å²) in [4.78, 5) is 0. The molecule has 5 atom stereocenters. The molecule has 0 nitrogen and oxygen atoms in total. The van der Waals surface area contributed by atoms with Crippen molar-refractivity contribution in [3.8, 4) is 0 Å². The van der Waals surface area contributed by atoms with Gasteiger partial charge in [0.05, 0.1) is 0 Å². The van der Waals surface area contributed by atoms with Gasteiger partial charge in [0.25, 0.3) is 22.7 Å². The molecule has 2 aliphatic rings. The molecule has 0 bridgehead atoms. The molecule has 0 aromatic heterocycles. The molecule has 238 valence electrons. The molecule has 0 aliphatic heterocycles. The monoisotopic (exact) mass is 662 g/mol. The second kappa shape index (κ2) is 7.21. The first kappa shape index (κ1) is 34.4. The zero-order valence-electron chi connectivity index (χ0n) is 16.8. The Morgan fingerprint density at radius 3 is 0.800 bits per heavy atom. The molecule has 0 radical (unpaired) electrons. The van der Waals surface area contributed by atoms with E-state index in [1.54, 1.807) is 0 Å². The van der Waals surface area contributed by atoms with Crippen LogP contribution < -0.4 is 0 Å². The normalized spacial score (nSPS) is 42.8. The lowest BCUT2D eigenvalue weighted by atomic mass is 9.44. The Bertz CT molecular complexity index is 1060. The Labute approximate surface area is 198 Å². The van der Waals surface area contributed by atoms with Gasteiger partial charge in [0, 0.05) is 0 Å². The molecule has 0 N–H and O–H groups in total. The second-order valence-corrected chi connectivity index (χ2v) is 8.23. The summed E-state index contributed by atoms with van der Waals surface area (Å²) in [5.74, 6) is -57.1. The van der Waals surface area contributed by atoms with Crippen molar-refractivity contribution in [2.45, 2.75) is 82.4 Å². The fraction of sp³-hybridized carbons (Fsp3) is 1.00. The third kappa shape index (κ3) is 2.52. The van der Waals surface area contributed by atoms with E-state index in [4.69, 9.17) is 0 Å². The third-order valence-electron chi connectivity index (χ3n) is 6.38. The Balaban J connectivity index is 3.71. The summed E-state index contributed by atoms with van der Waals surface area (Å²) in [7, 11) is 0. The van der Waals surface area contributed by atoms with Gasteiger partial charge in [0.2, 0.25) is 0 Å². The van der Waals surface area contributed by atoms with Crippen LogP contribution in [0.2, 0.25) is 0 Å². The first-order valence-corrected chi connectivity index (χ1v) is 8.66. The number of alkyl halides is 26. The molecule has 0 aromatic carbocycles. The highest BCUT2D eigenvalue weighted by atomic mass is 19.4. The molecular weight excluding hydrogens is 662 g/mol. The van der Waals surface area contributed by atoms with E-state index in [0.717, 1.165) is 0 Å². The molecule has 0 heterocycles. The lowest BCUT2D eigenvalue weighted by Gasteiger charge is -2.68. The van der Waals surface area contributed by atoms with Crippen molar-refractivity contribution in [3.63, 3.8) is 0 Å². The molecule has 40 heavy (non-hydrogen) atoms. The van der Waals surface area contributed by atoms with E-state index in [1.165, 1.54) is 0 Å². The van der Waals surface area contributed by atoms with Crippen LogP contribution in [-0.4, -0.2) is 82.4 Å². The zero-order valence-corrected chi connectivity index (χ0v) is 16.8. The molecule has 2 fully saturated rings. The molecule has 0 unspecified atom stereocenters. The largest absolute Gasteiger partial charge is 0.457 e. The predicted molar refractivity (Wildman–Crippen MR) is 67.0 cm³/mol. The molecule has 2 rings (SSSR count). The molecule has 0 saturated heterocycles. The van der Waals surface area contributed by atoms with Crippen molar-refractivity contribution < 1.29 is 114 Å². The van der Waals surface area contributed by atoms with Crippen molar-refractivity contribution in [2.24, 2.45) is 0 Å². The highest BCUT2D eigenvalue weighted by Gasteiger charge is 3.19. The topological polar surface area (TPSA) is 0 Å². The van der Waals surface area contributed by atoms with Crippen LogP contribution in [0.15, 0.2) is 0 Å². The minimum absolute atomic E-state index is 9.03. The van der Waals surface area contributed by atoms with Gasteiger partial charge in [-0.3, -0.25) is 0 Å². The van der Waals surface area contributed by atoms with Crippen LogP contribution in [0.3, 0.4) is 0 Å². The maximum atomic E-state index is 15.3. The fourth-order valence-electron chi connectivity index (χ4n) is 4.45. The van der Waals surface area contributed by atoms with E-state index in [2.05, 4.69) is 0 Å². The van der Waals surface area contributed by atoms with Gasteiger partial charge in [-0.2, -0.15) is 92.2 Å². The molecule has 0 amide bonds. The molecule has 0 spiro atoms. The lowest BCUT2D eigenvalue weighted by Crippen LogP contribution is -3.04. The predicted octanol–water partition coefficient (Wildman–Crippen LogP) is 8.05. The van der Waals surface area contributed by atoms with Crippen LogP contribution in [0, 0.1) is 0 Å². The van der Waals surface area contributed by atoms with Crippen LogP contribution >= 0.6 is 0 Å². The van der Waals surface area contributed by atoms with Gasteiger partial charge in [-0.05, 0) is 0 Å². The first-order valence-electron chi connectivity index (χ1n) is 8.66. The molecule has 26 heteroatoms. The Hall–Kier alpha value is -1.82. The van der Waals surface area contributed by atoms with Crippen LogP contribution in [0.4, 0.5) is 114 Å². The number of fused-ring (bicyclic) bond motifs is 1. The van der Waals surface area contributed by atoms with Gasteiger partial charge in [0.1, 0.15) is 0 Å². The summed E-state index contributed by atoms with van der Waals surface area (Å²) < 4.78 is 361. The lowest BCUT2D eigenvalue weighted by molar-refractivity contribution is -0.573. The standard InChI is InChI=1S/C14F26/c15-1(9(26,27)14(38,39)40)2(16)4(18,8(24,25)11(30,31)10(28,29)7(2,22)23)6(20,21)5(19,13(35,36)37)3(1,17)12(32,33)34/t1-,2-,3-,4-,5-/m1/s1. The second-order valence-electron chi connectivity index (χ2n) is 8.23. The Morgan fingerprint density at radius 2 is 0.550 bits per heavy atom. The fourth-order valence-corrected chi connectivity index (χ4v) is 4.45. The Kier molecular flexibility index (Phi) is 6.19. The minimum Gasteiger partial charge on any atom is -0.229 e. The molecule has 2 aliphatic carbocycles. The number of rotatable bonds is 1. The van der Waals surface area contributed by atoms with Crippen LogP contribution in [0.1, 0.15) is 0 Å². The van der Waals surface area contributed by atoms with E-state index in [1.807, 2.05) is 0 Å². The smallest absolute Gasteiger partial charge is 0.229 e. The quantitative estimate of drug-likeness (QED) is 0.250. The number of halogens is 26. The van der Waals surface area contributed by atoms with Crippen molar-refractivity contribution in [1.82, 2.24) is 0 Å². The highest BCUT2D eigenvalue weighted by molar-refractivity contribution is 5.50. The van der Waals surface area contributed by atoms with Crippen molar-refractivity contribution in [3.05, 3.63) is 0 Å². The zero-order chi connectivity index (χ0) is 33.0. The van der Waals surface area contributed by atoms with E-state index in [0.29, 0.717) is 0 Å². The molecular formula is C14F26. The minimum atomic E-state index is -10.5. The Morgan fingerprint density at radius 1 is 0.275 bits per heavy atom. The van der Waals surface area contributed by atoms with Crippen molar-refractivity contribution in [2.75, 3.05) is 0 Å². The van der Waals surface area contributed by atoms with Gasteiger partial charge in [-0.25, -0.2) is 22.0 Å². The average Bonchev–Trinajstić information content (AvgIpc) is 2.70. The van der Waals surface area contributed by atoms with Gasteiger partial charge >= 0.3 is 59.7 Å². The van der Waals surface area contributed by atoms with Crippen molar-refractivity contribution >= 4 is 0 Å². The van der Waals surface area contributed by atoms with Gasteiger partial charge in [0.15, 0.2) is 0 Å². The van der Waals surface area contributed by atoms with Gasteiger partial charge < -0.3 is 0 Å². The van der Waals surface area contributed by atoms with E-state index < -0.39 is 82.4 Å². The molecule has 0 aromatic rings. The van der Waals surface area contributed by atoms with Crippen LogP contribution in [0.25, 0.3) is 0 Å². The summed E-state index contributed by atoms with van der Waals surface area (Å²) in [5.41, 5.74) is -50.9. The van der Waals surface area contributed by atoms with Gasteiger partial charge in [-0.15, -0.1) is 0 Å².